The normalized spacial score (nSPS) is 10.3. The van der Waals surface area contributed by atoms with Crippen LogP contribution < -0.4 is 10.6 Å². The van der Waals surface area contributed by atoms with E-state index in [2.05, 4.69) is 58.7 Å². The summed E-state index contributed by atoms with van der Waals surface area (Å²) < 4.78 is 0. The minimum Gasteiger partial charge on any atom is -0.370 e. The minimum atomic E-state index is 0.769. The Morgan fingerprint density at radius 1 is 0.950 bits per heavy atom. The second-order valence-corrected chi connectivity index (χ2v) is 4.96. The predicted molar refractivity (Wildman–Crippen MR) is 84.1 cm³/mol. The van der Waals surface area contributed by atoms with Crippen molar-refractivity contribution >= 4 is 11.6 Å². The third-order valence-corrected chi connectivity index (χ3v) is 3.21. The largest absolute Gasteiger partial charge is 0.370 e. The molecule has 0 aliphatic heterocycles. The monoisotopic (exact) mass is 270 g/mol. The van der Waals surface area contributed by atoms with Crippen LogP contribution in [0.15, 0.2) is 30.6 Å². The van der Waals surface area contributed by atoms with Crippen molar-refractivity contribution < 1.29 is 0 Å². The maximum Gasteiger partial charge on any atom is 0.134 e. The van der Waals surface area contributed by atoms with Crippen molar-refractivity contribution in [3.8, 4) is 0 Å². The standard InChI is InChI=1S/C16H22N4/c1-4-9-17-15-13(3)16(20-11-19-15)18-10-14-7-5-12(2)6-8-14/h5-8,11H,4,9-10H2,1-3H3,(H2,17,18,19,20). The van der Waals surface area contributed by atoms with Crippen LogP contribution in [0.4, 0.5) is 11.6 Å². The molecule has 0 amide bonds. The lowest BCUT2D eigenvalue weighted by atomic mass is 10.1. The molecule has 0 atom stereocenters. The van der Waals surface area contributed by atoms with Crippen LogP contribution in [-0.4, -0.2) is 16.5 Å². The van der Waals surface area contributed by atoms with Gasteiger partial charge in [0, 0.05) is 18.7 Å². The first-order valence-corrected chi connectivity index (χ1v) is 7.05. The van der Waals surface area contributed by atoms with E-state index < -0.39 is 0 Å². The van der Waals surface area contributed by atoms with Gasteiger partial charge in [-0.2, -0.15) is 0 Å². The topological polar surface area (TPSA) is 49.8 Å². The number of hydrogen-bond acceptors (Lipinski definition) is 4. The molecule has 0 saturated heterocycles. The summed E-state index contributed by atoms with van der Waals surface area (Å²) in [4.78, 5) is 8.60. The second-order valence-electron chi connectivity index (χ2n) is 4.96. The van der Waals surface area contributed by atoms with Gasteiger partial charge in [0.05, 0.1) is 0 Å². The van der Waals surface area contributed by atoms with Gasteiger partial charge in [0.2, 0.25) is 0 Å². The van der Waals surface area contributed by atoms with Gasteiger partial charge >= 0.3 is 0 Å². The molecule has 0 unspecified atom stereocenters. The second kappa shape index (κ2) is 6.89. The molecule has 2 rings (SSSR count). The molecule has 0 aliphatic rings. The van der Waals surface area contributed by atoms with Gasteiger partial charge in [-0.05, 0) is 25.8 Å². The van der Waals surface area contributed by atoms with Crippen LogP contribution in [0.5, 0.6) is 0 Å². The summed E-state index contributed by atoms with van der Waals surface area (Å²) in [5, 5.41) is 6.69. The summed E-state index contributed by atoms with van der Waals surface area (Å²) in [6.07, 6.45) is 2.68. The number of benzene rings is 1. The predicted octanol–water partition coefficient (Wildman–Crippen LogP) is 3.53. The molecule has 0 saturated carbocycles. The highest BCUT2D eigenvalue weighted by molar-refractivity contribution is 5.56. The zero-order chi connectivity index (χ0) is 14.4. The molecule has 1 aromatic heterocycles. The van der Waals surface area contributed by atoms with Crippen molar-refractivity contribution in [1.29, 1.82) is 0 Å². The van der Waals surface area contributed by atoms with E-state index in [0.29, 0.717) is 0 Å². The van der Waals surface area contributed by atoms with Crippen LogP contribution in [0.2, 0.25) is 0 Å². The molecule has 4 nitrogen and oxygen atoms in total. The molecule has 1 heterocycles. The maximum absolute atomic E-state index is 4.32. The summed E-state index contributed by atoms with van der Waals surface area (Å²) in [6, 6.07) is 8.51. The van der Waals surface area contributed by atoms with E-state index in [0.717, 1.165) is 36.7 Å². The molecule has 0 fully saturated rings. The molecule has 1 aromatic carbocycles. The number of nitrogens with zero attached hydrogens (tertiary/aromatic N) is 2. The van der Waals surface area contributed by atoms with E-state index in [4.69, 9.17) is 0 Å². The van der Waals surface area contributed by atoms with Crippen molar-refractivity contribution in [2.45, 2.75) is 33.7 Å². The van der Waals surface area contributed by atoms with Gasteiger partial charge in [-0.25, -0.2) is 9.97 Å². The number of anilines is 2. The van der Waals surface area contributed by atoms with Gasteiger partial charge in [0.25, 0.3) is 0 Å². The highest BCUT2D eigenvalue weighted by Gasteiger charge is 2.05. The summed E-state index contributed by atoms with van der Waals surface area (Å²) in [6.45, 7) is 7.97. The number of hydrogen-bond donors (Lipinski definition) is 2. The lowest BCUT2D eigenvalue weighted by molar-refractivity contribution is 0.957. The van der Waals surface area contributed by atoms with Crippen LogP contribution in [0.1, 0.15) is 30.0 Å². The van der Waals surface area contributed by atoms with Crippen LogP contribution in [-0.2, 0) is 6.54 Å². The molecular weight excluding hydrogens is 248 g/mol. The number of aromatic nitrogens is 2. The van der Waals surface area contributed by atoms with Gasteiger partial charge in [-0.15, -0.1) is 0 Å². The van der Waals surface area contributed by atoms with Crippen molar-refractivity contribution in [1.82, 2.24) is 9.97 Å². The van der Waals surface area contributed by atoms with E-state index >= 15 is 0 Å². The van der Waals surface area contributed by atoms with Crippen LogP contribution in [0.3, 0.4) is 0 Å². The van der Waals surface area contributed by atoms with E-state index in [9.17, 15) is 0 Å². The van der Waals surface area contributed by atoms with Crippen molar-refractivity contribution in [2.24, 2.45) is 0 Å². The van der Waals surface area contributed by atoms with E-state index in [1.165, 1.54) is 11.1 Å². The molecule has 20 heavy (non-hydrogen) atoms. The lowest BCUT2D eigenvalue weighted by Crippen LogP contribution is -2.08. The Kier molecular flexibility index (Phi) is 4.93. The Morgan fingerprint density at radius 3 is 2.25 bits per heavy atom. The Balaban J connectivity index is 2.03. The Labute approximate surface area is 120 Å². The van der Waals surface area contributed by atoms with Gasteiger partial charge in [-0.3, -0.25) is 0 Å². The third kappa shape index (κ3) is 3.70. The zero-order valence-corrected chi connectivity index (χ0v) is 12.4. The van der Waals surface area contributed by atoms with Crippen LogP contribution >= 0.6 is 0 Å². The van der Waals surface area contributed by atoms with Crippen molar-refractivity contribution in [2.75, 3.05) is 17.2 Å². The first kappa shape index (κ1) is 14.3. The average molecular weight is 270 g/mol. The Bertz CT molecular complexity index is 549. The van der Waals surface area contributed by atoms with E-state index in [1.807, 2.05) is 6.92 Å². The molecule has 2 N–H and O–H groups in total. The summed E-state index contributed by atoms with van der Waals surface area (Å²) >= 11 is 0. The fraction of sp³-hybridized carbons (Fsp3) is 0.375. The highest BCUT2D eigenvalue weighted by Crippen LogP contribution is 2.18. The Morgan fingerprint density at radius 2 is 1.60 bits per heavy atom. The van der Waals surface area contributed by atoms with Crippen molar-refractivity contribution in [3.63, 3.8) is 0 Å². The molecular formula is C16H22N4. The number of aryl methyl sites for hydroxylation is 1. The summed E-state index contributed by atoms with van der Waals surface area (Å²) in [5.41, 5.74) is 3.59. The zero-order valence-electron chi connectivity index (χ0n) is 12.4. The number of rotatable bonds is 6. The van der Waals surface area contributed by atoms with Gasteiger partial charge in [0.1, 0.15) is 18.0 Å². The first-order chi connectivity index (χ1) is 9.70. The third-order valence-electron chi connectivity index (χ3n) is 3.21. The highest BCUT2D eigenvalue weighted by atomic mass is 15.1. The molecule has 106 valence electrons. The molecule has 0 spiro atoms. The quantitative estimate of drug-likeness (QED) is 0.843. The van der Waals surface area contributed by atoms with Gasteiger partial charge < -0.3 is 10.6 Å². The minimum absolute atomic E-state index is 0.769. The first-order valence-electron chi connectivity index (χ1n) is 7.05. The van der Waals surface area contributed by atoms with Gasteiger partial charge in [-0.1, -0.05) is 36.8 Å². The smallest absolute Gasteiger partial charge is 0.134 e. The van der Waals surface area contributed by atoms with Gasteiger partial charge in [0.15, 0.2) is 0 Å². The Hall–Kier alpha value is -2.10. The number of nitrogens with one attached hydrogen (secondary N) is 2. The molecule has 0 aliphatic carbocycles. The average Bonchev–Trinajstić information content (AvgIpc) is 2.47. The maximum atomic E-state index is 4.32. The molecule has 2 aromatic rings. The fourth-order valence-corrected chi connectivity index (χ4v) is 1.94. The summed E-state index contributed by atoms with van der Waals surface area (Å²) in [5.74, 6) is 1.80. The SMILES string of the molecule is CCCNc1ncnc(NCc2ccc(C)cc2)c1C. The van der Waals surface area contributed by atoms with Crippen LogP contribution in [0, 0.1) is 13.8 Å². The van der Waals surface area contributed by atoms with Crippen molar-refractivity contribution in [3.05, 3.63) is 47.3 Å². The molecule has 0 bridgehead atoms. The molecule has 4 heteroatoms. The van der Waals surface area contributed by atoms with E-state index in [1.54, 1.807) is 6.33 Å². The van der Waals surface area contributed by atoms with Crippen LogP contribution in [0.25, 0.3) is 0 Å². The summed E-state index contributed by atoms with van der Waals surface area (Å²) in [7, 11) is 0. The lowest BCUT2D eigenvalue weighted by Gasteiger charge is -2.12. The fourth-order valence-electron chi connectivity index (χ4n) is 1.94. The molecule has 0 radical (unpaired) electrons. The van der Waals surface area contributed by atoms with E-state index in [-0.39, 0.29) is 0 Å².